The van der Waals surface area contributed by atoms with Gasteiger partial charge < -0.3 is 14.2 Å². The van der Waals surface area contributed by atoms with Gasteiger partial charge in [0.2, 0.25) is 5.91 Å². The van der Waals surface area contributed by atoms with E-state index in [1.54, 1.807) is 25.3 Å². The average Bonchev–Trinajstić information content (AvgIpc) is 3.30. The zero-order chi connectivity index (χ0) is 27.1. The molecule has 0 N–H and O–H groups in total. The van der Waals surface area contributed by atoms with E-state index in [-0.39, 0.29) is 11.9 Å². The van der Waals surface area contributed by atoms with Crippen molar-refractivity contribution in [1.29, 1.82) is 0 Å². The molecule has 1 aliphatic heterocycles. The Bertz CT molecular complexity index is 1280. The van der Waals surface area contributed by atoms with Crippen LogP contribution in [0.5, 0.6) is 5.75 Å². The summed E-state index contributed by atoms with van der Waals surface area (Å²) in [6, 6.07) is 18.3. The summed E-state index contributed by atoms with van der Waals surface area (Å²) in [4.78, 5) is 26.2. The fourth-order valence-electron chi connectivity index (χ4n) is 4.24. The normalized spacial score (nSPS) is 14.3. The molecule has 0 saturated carbocycles. The number of hydrogen-bond acceptors (Lipinski definition) is 7. The van der Waals surface area contributed by atoms with Crippen molar-refractivity contribution >= 4 is 28.9 Å². The van der Waals surface area contributed by atoms with Crippen LogP contribution in [0.1, 0.15) is 48.3 Å². The van der Waals surface area contributed by atoms with Crippen LogP contribution in [-0.4, -0.2) is 49.0 Å². The highest BCUT2D eigenvalue weighted by Gasteiger charge is 2.21. The molecule has 2 aromatic carbocycles. The van der Waals surface area contributed by atoms with E-state index in [9.17, 15) is 9.59 Å². The molecule has 3 aromatic rings. The number of carbonyl (C=O) groups excluding carboxylic acids is 2. The monoisotopic (exact) mass is 534 g/mol. The maximum atomic E-state index is 12.1. The van der Waals surface area contributed by atoms with E-state index in [2.05, 4.69) is 42.4 Å². The molecule has 2 heterocycles. The van der Waals surface area contributed by atoms with Crippen LogP contribution < -0.4 is 4.74 Å². The number of nitrogens with zero attached hydrogens (tertiary/aromatic N) is 2. The molecule has 1 atom stereocenters. The predicted molar refractivity (Wildman–Crippen MR) is 150 cm³/mol. The summed E-state index contributed by atoms with van der Waals surface area (Å²) in [6.07, 6.45) is 1.02. The molecule has 0 fully saturated rings. The van der Waals surface area contributed by atoms with E-state index in [1.807, 2.05) is 31.2 Å². The van der Waals surface area contributed by atoms with Crippen molar-refractivity contribution in [3.05, 3.63) is 76.2 Å². The van der Waals surface area contributed by atoms with Gasteiger partial charge >= 0.3 is 5.97 Å². The first kappa shape index (κ1) is 27.5. The Morgan fingerprint density at radius 2 is 1.74 bits per heavy atom. The highest BCUT2D eigenvalue weighted by Crippen LogP contribution is 2.32. The largest absolute Gasteiger partial charge is 0.488 e. The summed E-state index contributed by atoms with van der Waals surface area (Å²) in [6.45, 7) is 7.02. The topological polar surface area (TPSA) is 77.4 Å². The van der Waals surface area contributed by atoms with E-state index >= 15 is 0 Å². The smallest absolute Gasteiger partial charge is 0.335 e. The van der Waals surface area contributed by atoms with E-state index in [1.165, 1.54) is 20.3 Å². The third kappa shape index (κ3) is 6.88. The molecule has 4 rings (SSSR count). The molecule has 8 heteroatoms. The number of hydrazone groups is 1. The number of amides is 1. The molecule has 0 radical (unpaired) electrons. The predicted octanol–water partition coefficient (Wildman–Crippen LogP) is 5.77. The maximum absolute atomic E-state index is 12.1. The summed E-state index contributed by atoms with van der Waals surface area (Å²) in [7, 11) is 1.70. The van der Waals surface area contributed by atoms with Gasteiger partial charge in [0, 0.05) is 42.7 Å². The number of rotatable bonds is 11. The summed E-state index contributed by atoms with van der Waals surface area (Å²) in [5.41, 5.74) is 5.30. The average molecular weight is 535 g/mol. The Hall–Kier alpha value is -3.49. The number of benzene rings is 2. The van der Waals surface area contributed by atoms with Gasteiger partial charge in [-0.15, -0.1) is 11.3 Å². The van der Waals surface area contributed by atoms with Crippen LogP contribution >= 0.6 is 11.3 Å². The molecule has 0 bridgehead atoms. The van der Waals surface area contributed by atoms with Crippen molar-refractivity contribution in [2.75, 3.05) is 20.3 Å². The molecule has 1 aromatic heterocycles. The molecule has 0 aliphatic carbocycles. The molecule has 200 valence electrons. The quantitative estimate of drug-likeness (QED) is 0.292. The molecule has 1 aliphatic rings. The Labute approximate surface area is 228 Å². The summed E-state index contributed by atoms with van der Waals surface area (Å²) in [5.74, 6) is 0.489. The second-order valence-corrected chi connectivity index (χ2v) is 10.2. The van der Waals surface area contributed by atoms with Crippen molar-refractivity contribution in [1.82, 2.24) is 5.01 Å². The number of hydrogen-bond donors (Lipinski definition) is 0. The first-order valence-electron chi connectivity index (χ1n) is 12.9. The van der Waals surface area contributed by atoms with Crippen molar-refractivity contribution in [3.8, 4) is 16.2 Å². The van der Waals surface area contributed by atoms with Gasteiger partial charge in [0.1, 0.15) is 12.4 Å². The number of esters is 1. The highest BCUT2D eigenvalue weighted by molar-refractivity contribution is 7.15. The van der Waals surface area contributed by atoms with Gasteiger partial charge in [0.05, 0.1) is 12.3 Å². The van der Waals surface area contributed by atoms with Crippen LogP contribution in [-0.2, 0) is 32.1 Å². The minimum Gasteiger partial charge on any atom is -0.488 e. The number of ether oxygens (including phenoxy) is 3. The number of aryl methyl sites for hydroxylation is 1. The SMILES string of the molecule is CCOC(=O)[C@H](Cc1ccc(OCc2sc(-c3ccc(C4=NN(C)C(=O)CC4)cc3)cc2C)cc1)OCC. The Balaban J connectivity index is 1.36. The lowest BCUT2D eigenvalue weighted by Gasteiger charge is -2.19. The van der Waals surface area contributed by atoms with Crippen molar-refractivity contribution < 1.29 is 23.8 Å². The minimum absolute atomic E-state index is 0.0503. The van der Waals surface area contributed by atoms with Crippen LogP contribution in [0.15, 0.2) is 59.7 Å². The number of carbonyl (C=O) groups is 2. The summed E-state index contributed by atoms with van der Waals surface area (Å²) >= 11 is 1.72. The fourth-order valence-corrected chi connectivity index (χ4v) is 5.33. The van der Waals surface area contributed by atoms with Crippen LogP contribution in [0, 0.1) is 6.92 Å². The lowest BCUT2D eigenvalue weighted by atomic mass is 10.0. The molecule has 7 nitrogen and oxygen atoms in total. The summed E-state index contributed by atoms with van der Waals surface area (Å²) in [5, 5.41) is 5.84. The van der Waals surface area contributed by atoms with Crippen LogP contribution in [0.3, 0.4) is 0 Å². The van der Waals surface area contributed by atoms with E-state index < -0.39 is 6.10 Å². The van der Waals surface area contributed by atoms with Crippen molar-refractivity contribution in [3.63, 3.8) is 0 Å². The summed E-state index contributed by atoms with van der Waals surface area (Å²) < 4.78 is 16.8. The van der Waals surface area contributed by atoms with Gasteiger partial charge in [-0.1, -0.05) is 36.4 Å². The maximum Gasteiger partial charge on any atom is 0.335 e. The minimum atomic E-state index is -0.603. The molecule has 0 spiro atoms. The zero-order valence-corrected chi connectivity index (χ0v) is 23.2. The van der Waals surface area contributed by atoms with Gasteiger partial charge in [-0.25, -0.2) is 9.80 Å². The zero-order valence-electron chi connectivity index (χ0n) is 22.4. The fraction of sp³-hybridized carbons (Fsp3) is 0.367. The molecule has 0 saturated heterocycles. The van der Waals surface area contributed by atoms with Gasteiger partial charge in [0.15, 0.2) is 6.10 Å². The molecular formula is C30H34N2O5S. The second-order valence-electron chi connectivity index (χ2n) is 9.09. The highest BCUT2D eigenvalue weighted by atomic mass is 32.1. The van der Waals surface area contributed by atoms with Crippen LogP contribution in [0.25, 0.3) is 10.4 Å². The first-order chi connectivity index (χ1) is 18.4. The van der Waals surface area contributed by atoms with Crippen LogP contribution in [0.2, 0.25) is 0 Å². The van der Waals surface area contributed by atoms with Gasteiger partial charge in [-0.05, 0) is 61.2 Å². The van der Waals surface area contributed by atoms with Gasteiger partial charge in [-0.3, -0.25) is 4.79 Å². The van der Waals surface area contributed by atoms with E-state index in [4.69, 9.17) is 14.2 Å². The molecule has 0 unspecified atom stereocenters. The first-order valence-corrected chi connectivity index (χ1v) is 13.7. The number of thiophene rings is 1. The van der Waals surface area contributed by atoms with Crippen molar-refractivity contribution in [2.24, 2.45) is 5.10 Å². The lowest BCUT2D eigenvalue weighted by Crippen LogP contribution is -2.28. The van der Waals surface area contributed by atoms with Gasteiger partial charge in [-0.2, -0.15) is 5.10 Å². The second kappa shape index (κ2) is 12.8. The van der Waals surface area contributed by atoms with Crippen molar-refractivity contribution in [2.45, 2.75) is 52.7 Å². The van der Waals surface area contributed by atoms with Gasteiger partial charge in [0.25, 0.3) is 0 Å². The van der Waals surface area contributed by atoms with E-state index in [0.29, 0.717) is 39.1 Å². The lowest BCUT2D eigenvalue weighted by molar-refractivity contribution is -0.156. The molecule has 38 heavy (non-hydrogen) atoms. The Morgan fingerprint density at radius 3 is 2.39 bits per heavy atom. The van der Waals surface area contributed by atoms with E-state index in [0.717, 1.165) is 28.2 Å². The molecule has 1 amide bonds. The standard InChI is InChI=1S/C30H34N2O5S/c1-5-35-26(30(34)36-6-2)18-21-7-13-24(14-8-21)37-19-28-20(3)17-27(38-28)23-11-9-22(10-12-23)25-15-16-29(33)32(4)31-25/h7-14,17,26H,5-6,15-16,18-19H2,1-4H3/t26-/m0/s1. The Kier molecular flexibility index (Phi) is 9.31. The molecular weight excluding hydrogens is 500 g/mol. The van der Waals surface area contributed by atoms with Crippen LogP contribution in [0.4, 0.5) is 0 Å². The third-order valence-corrected chi connectivity index (χ3v) is 7.62. The third-order valence-electron chi connectivity index (χ3n) is 6.36. The Morgan fingerprint density at radius 1 is 1.03 bits per heavy atom.